The summed E-state index contributed by atoms with van der Waals surface area (Å²) in [5.41, 5.74) is 1.06. The van der Waals surface area contributed by atoms with Crippen LogP contribution in [0.1, 0.15) is 29.8 Å². The quantitative estimate of drug-likeness (QED) is 0.890. The number of benzene rings is 2. The highest BCUT2D eigenvalue weighted by molar-refractivity contribution is 5.21. The molecule has 0 spiro atoms. The molecule has 0 fully saturated rings. The molecule has 0 aliphatic rings. The number of halogens is 2. The van der Waals surface area contributed by atoms with Crippen LogP contribution in [-0.2, 0) is 0 Å². The maximum atomic E-state index is 12.7. The smallest absolute Gasteiger partial charge is 0.123 e. The first-order valence-corrected chi connectivity index (χ1v) is 5.93. The first-order chi connectivity index (χ1) is 9.06. The van der Waals surface area contributed by atoms with Crippen molar-refractivity contribution in [3.05, 3.63) is 71.3 Å². The monoisotopic (exact) mass is 264 g/mol. The van der Waals surface area contributed by atoms with Crippen molar-refractivity contribution in [2.45, 2.75) is 18.6 Å². The lowest BCUT2D eigenvalue weighted by Crippen LogP contribution is -2.06. The van der Waals surface area contributed by atoms with Gasteiger partial charge in [-0.25, -0.2) is 8.78 Å². The zero-order chi connectivity index (χ0) is 13.8. The third-order valence-corrected chi connectivity index (χ3v) is 2.96. The molecule has 0 heterocycles. The van der Waals surface area contributed by atoms with E-state index in [0.717, 1.165) is 0 Å². The molecule has 0 aliphatic heterocycles. The third kappa shape index (κ3) is 3.59. The Morgan fingerprint density at radius 1 is 0.684 bits per heavy atom. The fourth-order valence-corrected chi connectivity index (χ4v) is 1.85. The summed E-state index contributed by atoms with van der Waals surface area (Å²) < 4.78 is 25.5. The second-order valence-electron chi connectivity index (χ2n) is 4.37. The Hall–Kier alpha value is -1.78. The molecule has 4 heteroatoms. The minimum atomic E-state index is -0.902. The molecule has 2 nitrogen and oxygen atoms in total. The van der Waals surface area contributed by atoms with Crippen LogP contribution >= 0.6 is 0 Å². The topological polar surface area (TPSA) is 40.5 Å². The van der Waals surface area contributed by atoms with Crippen molar-refractivity contribution in [1.29, 1.82) is 0 Å². The summed E-state index contributed by atoms with van der Waals surface area (Å²) in [7, 11) is 0. The summed E-state index contributed by atoms with van der Waals surface area (Å²) in [4.78, 5) is 0. The summed E-state index contributed by atoms with van der Waals surface area (Å²) in [6.45, 7) is 0. The number of aliphatic hydroxyl groups is 2. The molecule has 0 amide bonds. The Labute approximate surface area is 110 Å². The third-order valence-electron chi connectivity index (χ3n) is 2.96. The maximum Gasteiger partial charge on any atom is 0.123 e. The molecule has 0 aliphatic carbocycles. The van der Waals surface area contributed by atoms with Crippen LogP contribution in [0.2, 0.25) is 0 Å². The summed E-state index contributed by atoms with van der Waals surface area (Å²) in [6, 6.07) is 10.9. The Balaban J connectivity index is 2.03. The number of hydrogen-bond donors (Lipinski definition) is 2. The largest absolute Gasteiger partial charge is 0.388 e. The average molecular weight is 264 g/mol. The van der Waals surface area contributed by atoms with Crippen molar-refractivity contribution in [1.82, 2.24) is 0 Å². The molecule has 2 aromatic rings. The maximum absolute atomic E-state index is 12.7. The minimum Gasteiger partial charge on any atom is -0.388 e. The first kappa shape index (κ1) is 13.6. The van der Waals surface area contributed by atoms with Crippen LogP contribution in [0.4, 0.5) is 8.78 Å². The lowest BCUT2D eigenvalue weighted by atomic mass is 9.99. The Kier molecular flexibility index (Phi) is 4.24. The normalized spacial score (nSPS) is 14.1. The summed E-state index contributed by atoms with van der Waals surface area (Å²) in [5.74, 6) is -0.759. The van der Waals surface area contributed by atoms with Gasteiger partial charge in [0.2, 0.25) is 0 Å². The van der Waals surface area contributed by atoms with Crippen molar-refractivity contribution >= 4 is 0 Å². The number of aliphatic hydroxyl groups excluding tert-OH is 2. The molecule has 0 saturated carbocycles. The van der Waals surface area contributed by atoms with Gasteiger partial charge in [0.05, 0.1) is 12.2 Å². The highest BCUT2D eigenvalue weighted by Crippen LogP contribution is 2.26. The summed E-state index contributed by atoms with van der Waals surface area (Å²) in [6.07, 6.45) is -1.74. The van der Waals surface area contributed by atoms with Crippen molar-refractivity contribution in [2.24, 2.45) is 0 Å². The highest BCUT2D eigenvalue weighted by atomic mass is 19.1. The van der Waals surface area contributed by atoms with E-state index in [9.17, 15) is 19.0 Å². The van der Waals surface area contributed by atoms with E-state index in [1.807, 2.05) is 0 Å². The Morgan fingerprint density at radius 2 is 1.00 bits per heavy atom. The predicted molar refractivity (Wildman–Crippen MR) is 67.3 cm³/mol. The zero-order valence-corrected chi connectivity index (χ0v) is 10.1. The van der Waals surface area contributed by atoms with Crippen molar-refractivity contribution in [2.75, 3.05) is 0 Å². The van der Waals surface area contributed by atoms with Crippen LogP contribution in [0.25, 0.3) is 0 Å². The Bertz CT molecular complexity index is 473. The predicted octanol–water partition coefficient (Wildman–Crippen LogP) is 3.12. The van der Waals surface area contributed by atoms with Gasteiger partial charge in [0, 0.05) is 6.42 Å². The first-order valence-electron chi connectivity index (χ1n) is 5.93. The molecule has 2 aromatic carbocycles. The van der Waals surface area contributed by atoms with Gasteiger partial charge in [-0.15, -0.1) is 0 Å². The molecular weight excluding hydrogens is 250 g/mol. The molecule has 2 atom stereocenters. The van der Waals surface area contributed by atoms with E-state index in [-0.39, 0.29) is 18.1 Å². The van der Waals surface area contributed by atoms with Crippen LogP contribution in [-0.4, -0.2) is 10.2 Å². The zero-order valence-electron chi connectivity index (χ0n) is 10.1. The molecule has 100 valence electrons. The SMILES string of the molecule is O[C@@H](C[C@H](O)c1ccc(F)cc1)c1ccc(F)cc1. The van der Waals surface area contributed by atoms with Gasteiger partial charge in [-0.2, -0.15) is 0 Å². The van der Waals surface area contributed by atoms with E-state index in [0.29, 0.717) is 11.1 Å². The van der Waals surface area contributed by atoms with Gasteiger partial charge in [0.25, 0.3) is 0 Å². The van der Waals surface area contributed by atoms with Crippen LogP contribution in [0.3, 0.4) is 0 Å². The van der Waals surface area contributed by atoms with Crippen LogP contribution in [0.15, 0.2) is 48.5 Å². The molecule has 0 unspecified atom stereocenters. The van der Waals surface area contributed by atoms with E-state index >= 15 is 0 Å². The van der Waals surface area contributed by atoms with Gasteiger partial charge >= 0.3 is 0 Å². The van der Waals surface area contributed by atoms with E-state index in [2.05, 4.69) is 0 Å². The number of rotatable bonds is 4. The standard InChI is InChI=1S/C15H14F2O2/c16-12-5-1-10(2-6-12)14(18)9-15(19)11-3-7-13(17)8-4-11/h1-8,14-15,18-19H,9H2/t14-,15-/m0/s1. The average Bonchev–Trinajstić information content (AvgIpc) is 2.40. The second kappa shape index (κ2) is 5.91. The van der Waals surface area contributed by atoms with E-state index in [1.165, 1.54) is 48.5 Å². The molecule has 2 N–H and O–H groups in total. The van der Waals surface area contributed by atoms with Crippen molar-refractivity contribution in [3.8, 4) is 0 Å². The molecule has 0 bridgehead atoms. The molecule has 19 heavy (non-hydrogen) atoms. The minimum absolute atomic E-state index is 0.0667. The lowest BCUT2D eigenvalue weighted by Gasteiger charge is -2.16. The molecule has 2 rings (SSSR count). The summed E-state index contributed by atoms with van der Waals surface area (Å²) in [5, 5.41) is 19.9. The fraction of sp³-hybridized carbons (Fsp3) is 0.200. The van der Waals surface area contributed by atoms with Gasteiger partial charge in [0.15, 0.2) is 0 Å². The van der Waals surface area contributed by atoms with E-state index in [4.69, 9.17) is 0 Å². The molecule has 0 aromatic heterocycles. The van der Waals surface area contributed by atoms with Gasteiger partial charge in [-0.1, -0.05) is 24.3 Å². The van der Waals surface area contributed by atoms with Crippen LogP contribution in [0, 0.1) is 11.6 Å². The van der Waals surface area contributed by atoms with Crippen LogP contribution in [0.5, 0.6) is 0 Å². The molecular formula is C15H14F2O2. The number of hydrogen-bond acceptors (Lipinski definition) is 2. The fourth-order valence-electron chi connectivity index (χ4n) is 1.85. The van der Waals surface area contributed by atoms with Gasteiger partial charge in [-0.3, -0.25) is 0 Å². The Morgan fingerprint density at radius 3 is 1.32 bits per heavy atom. The molecule has 0 saturated heterocycles. The van der Waals surface area contributed by atoms with Crippen molar-refractivity contribution in [3.63, 3.8) is 0 Å². The van der Waals surface area contributed by atoms with E-state index in [1.54, 1.807) is 0 Å². The van der Waals surface area contributed by atoms with Gasteiger partial charge in [-0.05, 0) is 35.4 Å². The lowest BCUT2D eigenvalue weighted by molar-refractivity contribution is 0.0803. The van der Waals surface area contributed by atoms with Crippen molar-refractivity contribution < 1.29 is 19.0 Å². The summed E-state index contributed by atoms with van der Waals surface area (Å²) >= 11 is 0. The molecule has 0 radical (unpaired) electrons. The van der Waals surface area contributed by atoms with Crippen LogP contribution < -0.4 is 0 Å². The van der Waals surface area contributed by atoms with E-state index < -0.39 is 12.2 Å². The highest BCUT2D eigenvalue weighted by Gasteiger charge is 2.15. The van der Waals surface area contributed by atoms with Gasteiger partial charge in [0.1, 0.15) is 11.6 Å². The second-order valence-corrected chi connectivity index (χ2v) is 4.37. The van der Waals surface area contributed by atoms with Gasteiger partial charge < -0.3 is 10.2 Å².